The lowest BCUT2D eigenvalue weighted by atomic mass is 10.1. The molecule has 0 aliphatic rings. The van der Waals surface area contributed by atoms with Gasteiger partial charge < -0.3 is 20.1 Å². The van der Waals surface area contributed by atoms with Crippen molar-refractivity contribution in [2.75, 3.05) is 28.2 Å². The van der Waals surface area contributed by atoms with E-state index in [2.05, 4.69) is 32.4 Å². The topological polar surface area (TPSA) is 76.6 Å². The van der Waals surface area contributed by atoms with Crippen molar-refractivity contribution < 1.29 is 4.79 Å². The van der Waals surface area contributed by atoms with Crippen LogP contribution in [0.25, 0.3) is 11.3 Å². The van der Waals surface area contributed by atoms with Crippen LogP contribution in [0, 0.1) is 0 Å². The number of aromatic amines is 1. The van der Waals surface area contributed by atoms with E-state index in [1.807, 2.05) is 60.6 Å². The van der Waals surface area contributed by atoms with Gasteiger partial charge in [-0.1, -0.05) is 42.5 Å². The fourth-order valence-electron chi connectivity index (χ4n) is 3.10. The second-order valence-electron chi connectivity index (χ2n) is 7.26. The molecular weight excluding hydrogens is 376 g/mol. The Bertz CT molecular complexity index is 992. The number of rotatable bonds is 6. The Morgan fingerprint density at radius 1 is 1.07 bits per heavy atom. The predicted octanol–water partition coefficient (Wildman–Crippen LogP) is 2.99. The lowest BCUT2D eigenvalue weighted by Crippen LogP contribution is -2.38. The van der Waals surface area contributed by atoms with E-state index >= 15 is 0 Å². The van der Waals surface area contributed by atoms with Gasteiger partial charge in [0.05, 0.1) is 18.4 Å². The maximum absolute atomic E-state index is 12.0. The molecule has 2 aromatic carbocycles. The highest BCUT2D eigenvalue weighted by Crippen LogP contribution is 2.16. The highest BCUT2D eigenvalue weighted by atomic mass is 16.2. The second kappa shape index (κ2) is 9.73. The Morgan fingerprint density at radius 2 is 1.77 bits per heavy atom. The summed E-state index contributed by atoms with van der Waals surface area (Å²) in [5.41, 5.74) is 3.86. The number of nitrogens with one attached hydrogen (secondary N) is 2. The number of guanidine groups is 1. The number of carbonyl (C=O) groups excluding carboxylic acids is 1. The number of H-pyrrole nitrogens is 1. The third-order valence-electron chi connectivity index (χ3n) is 4.73. The third-order valence-corrected chi connectivity index (χ3v) is 4.73. The molecule has 1 aromatic heterocycles. The first kappa shape index (κ1) is 21.1. The molecule has 7 heteroatoms. The first-order chi connectivity index (χ1) is 14.5. The Labute approximate surface area is 177 Å². The van der Waals surface area contributed by atoms with E-state index in [0.717, 1.165) is 28.6 Å². The summed E-state index contributed by atoms with van der Waals surface area (Å²) in [7, 11) is 7.23. The summed E-state index contributed by atoms with van der Waals surface area (Å²) in [6.07, 6.45) is 1.85. The van der Waals surface area contributed by atoms with Crippen LogP contribution in [0.15, 0.2) is 65.8 Å². The van der Waals surface area contributed by atoms with E-state index in [-0.39, 0.29) is 5.91 Å². The largest absolute Gasteiger partial charge is 0.352 e. The monoisotopic (exact) mass is 404 g/mol. The third kappa shape index (κ3) is 5.26. The zero-order valence-corrected chi connectivity index (χ0v) is 17.9. The van der Waals surface area contributed by atoms with Crippen molar-refractivity contribution in [2.45, 2.75) is 13.1 Å². The molecular formula is C23H28N6O. The maximum Gasteiger partial charge on any atom is 0.253 e. The molecule has 3 aromatic rings. The van der Waals surface area contributed by atoms with Gasteiger partial charge in [-0.25, -0.2) is 4.98 Å². The Balaban J connectivity index is 1.57. The van der Waals surface area contributed by atoms with E-state index in [9.17, 15) is 4.79 Å². The first-order valence-corrected chi connectivity index (χ1v) is 9.79. The Morgan fingerprint density at radius 3 is 2.40 bits per heavy atom. The van der Waals surface area contributed by atoms with Crippen molar-refractivity contribution in [1.82, 2.24) is 25.1 Å². The average Bonchev–Trinajstić information content (AvgIpc) is 3.23. The van der Waals surface area contributed by atoms with Crippen LogP contribution < -0.4 is 5.32 Å². The van der Waals surface area contributed by atoms with Crippen LogP contribution in [0.3, 0.4) is 0 Å². The van der Waals surface area contributed by atoms with Crippen LogP contribution in [0.1, 0.15) is 21.7 Å². The fourth-order valence-corrected chi connectivity index (χ4v) is 3.10. The van der Waals surface area contributed by atoms with Crippen molar-refractivity contribution in [3.05, 3.63) is 77.7 Å². The Hall–Kier alpha value is -3.61. The van der Waals surface area contributed by atoms with Crippen molar-refractivity contribution in [3.63, 3.8) is 0 Å². The van der Waals surface area contributed by atoms with Crippen LogP contribution in [0.2, 0.25) is 0 Å². The predicted molar refractivity (Wildman–Crippen MR) is 120 cm³/mol. The number of amides is 1. The van der Waals surface area contributed by atoms with Gasteiger partial charge in [-0.2, -0.15) is 0 Å². The number of aromatic nitrogens is 2. The van der Waals surface area contributed by atoms with Crippen molar-refractivity contribution in [1.29, 1.82) is 0 Å². The molecule has 1 amide bonds. The smallest absolute Gasteiger partial charge is 0.253 e. The summed E-state index contributed by atoms with van der Waals surface area (Å²) in [4.78, 5) is 27.8. The highest BCUT2D eigenvalue weighted by Gasteiger charge is 2.11. The standard InChI is InChI=1S/C23H28N6O/c1-24-23(26-14-17-10-12-19(13-11-17)22(30)28(2)3)29(4)16-21-25-15-20(27-21)18-8-6-5-7-9-18/h5-13,15H,14,16H2,1-4H3,(H,24,26)(H,25,27). The molecule has 0 aliphatic carbocycles. The minimum absolute atomic E-state index is 0.00151. The molecule has 0 saturated carbocycles. The van der Waals surface area contributed by atoms with Gasteiger partial charge in [0.2, 0.25) is 0 Å². The summed E-state index contributed by atoms with van der Waals surface area (Å²) in [5, 5.41) is 3.35. The maximum atomic E-state index is 12.0. The van der Waals surface area contributed by atoms with E-state index in [4.69, 9.17) is 0 Å². The molecule has 0 atom stereocenters. The number of carbonyl (C=O) groups is 1. The molecule has 0 aliphatic heterocycles. The summed E-state index contributed by atoms with van der Waals surface area (Å²) in [6, 6.07) is 17.7. The fraction of sp³-hybridized carbons (Fsp3) is 0.261. The number of hydrogen-bond donors (Lipinski definition) is 2. The van der Waals surface area contributed by atoms with Gasteiger partial charge in [0.15, 0.2) is 5.96 Å². The van der Waals surface area contributed by atoms with Crippen molar-refractivity contribution >= 4 is 11.9 Å². The van der Waals surface area contributed by atoms with Crippen LogP contribution in [0.4, 0.5) is 0 Å². The van der Waals surface area contributed by atoms with E-state index in [1.165, 1.54) is 0 Å². The minimum atomic E-state index is -0.00151. The van der Waals surface area contributed by atoms with Gasteiger partial charge >= 0.3 is 0 Å². The van der Waals surface area contributed by atoms with Gasteiger partial charge in [0.25, 0.3) is 5.91 Å². The van der Waals surface area contributed by atoms with Crippen LogP contribution in [0.5, 0.6) is 0 Å². The molecule has 0 saturated heterocycles. The molecule has 0 radical (unpaired) electrons. The summed E-state index contributed by atoms with van der Waals surface area (Å²) in [6.45, 7) is 1.21. The zero-order valence-electron chi connectivity index (χ0n) is 17.9. The van der Waals surface area contributed by atoms with E-state index in [0.29, 0.717) is 18.7 Å². The van der Waals surface area contributed by atoms with Gasteiger partial charge in [0, 0.05) is 40.3 Å². The van der Waals surface area contributed by atoms with Crippen molar-refractivity contribution in [3.8, 4) is 11.3 Å². The van der Waals surface area contributed by atoms with Gasteiger partial charge in [-0.15, -0.1) is 0 Å². The number of aliphatic imine (C=N–C) groups is 1. The highest BCUT2D eigenvalue weighted by molar-refractivity contribution is 5.93. The van der Waals surface area contributed by atoms with Gasteiger partial charge in [-0.05, 0) is 23.3 Å². The molecule has 0 fully saturated rings. The first-order valence-electron chi connectivity index (χ1n) is 9.79. The normalized spacial score (nSPS) is 11.3. The summed E-state index contributed by atoms with van der Waals surface area (Å²) in [5.74, 6) is 1.63. The molecule has 30 heavy (non-hydrogen) atoms. The molecule has 156 valence electrons. The van der Waals surface area contributed by atoms with E-state index in [1.54, 1.807) is 26.0 Å². The molecule has 3 rings (SSSR count). The number of benzene rings is 2. The lowest BCUT2D eigenvalue weighted by molar-refractivity contribution is 0.0827. The quantitative estimate of drug-likeness (QED) is 0.489. The van der Waals surface area contributed by atoms with Gasteiger partial charge in [-0.3, -0.25) is 9.79 Å². The average molecular weight is 405 g/mol. The molecule has 2 N–H and O–H groups in total. The lowest BCUT2D eigenvalue weighted by Gasteiger charge is -2.21. The number of nitrogens with zero attached hydrogens (tertiary/aromatic N) is 4. The van der Waals surface area contributed by atoms with Crippen molar-refractivity contribution in [2.24, 2.45) is 4.99 Å². The van der Waals surface area contributed by atoms with Crippen LogP contribution in [-0.4, -0.2) is 59.8 Å². The molecule has 0 bridgehead atoms. The summed E-state index contributed by atoms with van der Waals surface area (Å²) < 4.78 is 0. The number of hydrogen-bond acceptors (Lipinski definition) is 3. The van der Waals surface area contributed by atoms with E-state index < -0.39 is 0 Å². The molecule has 0 spiro atoms. The summed E-state index contributed by atoms with van der Waals surface area (Å²) >= 11 is 0. The number of imidazole rings is 1. The molecule has 0 unspecified atom stereocenters. The van der Waals surface area contributed by atoms with Crippen LogP contribution in [-0.2, 0) is 13.1 Å². The SMILES string of the molecule is CN=C(NCc1ccc(C(=O)N(C)C)cc1)N(C)Cc1ncc(-c2ccccc2)[nH]1. The van der Waals surface area contributed by atoms with Gasteiger partial charge in [0.1, 0.15) is 5.82 Å². The molecule has 1 heterocycles. The van der Waals surface area contributed by atoms with Crippen LogP contribution >= 0.6 is 0 Å². The minimum Gasteiger partial charge on any atom is -0.352 e. The Kier molecular flexibility index (Phi) is 6.85. The second-order valence-corrected chi connectivity index (χ2v) is 7.26. The zero-order chi connectivity index (χ0) is 21.5. The molecule has 7 nitrogen and oxygen atoms in total.